The number of aromatic nitrogens is 1. The summed E-state index contributed by atoms with van der Waals surface area (Å²) in [4.78, 5) is 76.4. The molecule has 3 rings (SSSR count). The monoisotopic (exact) mass is 581 g/mol. The summed E-state index contributed by atoms with van der Waals surface area (Å²) >= 11 is 0. The number of carboxylic acid groups (broad SMARTS) is 3. The second-order valence-corrected chi connectivity index (χ2v) is 9.58. The molecule has 222 valence electrons. The first-order valence-electron chi connectivity index (χ1n) is 12.9. The van der Waals surface area contributed by atoms with Crippen LogP contribution < -0.4 is 21.7 Å². The number of carboxylic acids is 3. The second-order valence-electron chi connectivity index (χ2n) is 9.58. The maximum atomic E-state index is 13.0. The van der Waals surface area contributed by atoms with Crippen molar-refractivity contribution in [2.75, 3.05) is 0 Å². The third-order valence-corrected chi connectivity index (χ3v) is 6.37. The van der Waals surface area contributed by atoms with Crippen LogP contribution in [0.15, 0.2) is 60.8 Å². The Morgan fingerprint density at radius 1 is 0.690 bits per heavy atom. The zero-order valence-corrected chi connectivity index (χ0v) is 22.3. The molecule has 3 aromatic rings. The molecule has 0 spiro atoms. The average molecular weight is 582 g/mol. The SMILES string of the molecule is NC(Cc1c[nH]c2ccccc12)C(=O)NC(CC(=O)O)C(=O)NC(CC(=O)O)C(=O)NC(Cc1ccccc1)C(=O)O. The lowest BCUT2D eigenvalue weighted by atomic mass is 10.0. The molecule has 0 radical (unpaired) electrons. The number of benzene rings is 2. The number of hydrogen-bond donors (Lipinski definition) is 8. The Morgan fingerprint density at radius 3 is 1.79 bits per heavy atom. The van der Waals surface area contributed by atoms with Crippen LogP contribution >= 0.6 is 0 Å². The molecule has 0 saturated heterocycles. The van der Waals surface area contributed by atoms with Gasteiger partial charge in [-0.3, -0.25) is 24.0 Å². The number of amides is 3. The van der Waals surface area contributed by atoms with E-state index in [1.807, 2.05) is 24.3 Å². The number of para-hydroxylation sites is 1. The Morgan fingerprint density at radius 2 is 1.21 bits per heavy atom. The van der Waals surface area contributed by atoms with Crippen molar-refractivity contribution in [3.8, 4) is 0 Å². The van der Waals surface area contributed by atoms with E-state index in [0.29, 0.717) is 11.1 Å². The molecule has 3 amide bonds. The molecule has 1 aromatic heterocycles. The van der Waals surface area contributed by atoms with E-state index in [2.05, 4.69) is 20.9 Å². The van der Waals surface area contributed by atoms with Crippen LogP contribution in [0.5, 0.6) is 0 Å². The van der Waals surface area contributed by atoms with Gasteiger partial charge in [-0.1, -0.05) is 48.5 Å². The molecular weight excluding hydrogens is 550 g/mol. The molecule has 14 heteroatoms. The van der Waals surface area contributed by atoms with E-state index in [-0.39, 0.29) is 12.8 Å². The fourth-order valence-electron chi connectivity index (χ4n) is 4.27. The lowest BCUT2D eigenvalue weighted by Gasteiger charge is -2.24. The Balaban J connectivity index is 1.70. The highest BCUT2D eigenvalue weighted by atomic mass is 16.4. The normalized spacial score (nSPS) is 13.7. The summed E-state index contributed by atoms with van der Waals surface area (Å²) in [5, 5.41) is 35.6. The second kappa shape index (κ2) is 14.4. The number of nitrogens with one attached hydrogen (secondary N) is 4. The Hall–Kier alpha value is -5.24. The number of carbonyl (C=O) groups is 6. The van der Waals surface area contributed by atoms with Crippen LogP contribution in [-0.4, -0.2) is 80.1 Å². The third kappa shape index (κ3) is 8.89. The van der Waals surface area contributed by atoms with Gasteiger partial charge < -0.3 is 42.0 Å². The van der Waals surface area contributed by atoms with E-state index in [1.165, 1.54) is 0 Å². The zero-order valence-electron chi connectivity index (χ0n) is 22.3. The van der Waals surface area contributed by atoms with Crippen molar-refractivity contribution in [2.45, 2.75) is 49.9 Å². The van der Waals surface area contributed by atoms with Gasteiger partial charge in [-0.25, -0.2) is 4.79 Å². The molecule has 2 aromatic carbocycles. The van der Waals surface area contributed by atoms with E-state index in [0.717, 1.165) is 10.9 Å². The largest absolute Gasteiger partial charge is 0.481 e. The van der Waals surface area contributed by atoms with Gasteiger partial charge in [0.25, 0.3) is 0 Å². The van der Waals surface area contributed by atoms with E-state index < -0.39 is 72.6 Å². The van der Waals surface area contributed by atoms with Gasteiger partial charge in [0.1, 0.15) is 18.1 Å². The standard InChI is InChI=1S/C28H31N5O9/c29-18(11-16-14-30-19-9-5-4-8-17(16)19)25(38)31-20(12-23(34)35)26(39)32-21(13-24(36)37)27(40)33-22(28(41)42)10-15-6-2-1-3-7-15/h1-9,14,18,20-22,30H,10-13,29H2,(H,31,38)(H,32,39)(H,33,40)(H,34,35)(H,36,37)(H,41,42). The summed E-state index contributed by atoms with van der Waals surface area (Å²) < 4.78 is 0. The fourth-order valence-corrected chi connectivity index (χ4v) is 4.27. The third-order valence-electron chi connectivity index (χ3n) is 6.37. The van der Waals surface area contributed by atoms with Crippen LogP contribution in [0, 0.1) is 0 Å². The molecule has 0 aliphatic heterocycles. The van der Waals surface area contributed by atoms with Crippen LogP contribution in [0.2, 0.25) is 0 Å². The minimum atomic E-state index is -1.78. The van der Waals surface area contributed by atoms with Crippen LogP contribution in [0.25, 0.3) is 10.9 Å². The van der Waals surface area contributed by atoms with Gasteiger partial charge in [0.05, 0.1) is 18.9 Å². The fraction of sp³-hybridized carbons (Fsp3) is 0.286. The van der Waals surface area contributed by atoms with Crippen molar-refractivity contribution >= 4 is 46.5 Å². The van der Waals surface area contributed by atoms with Crippen LogP contribution in [0.4, 0.5) is 0 Å². The van der Waals surface area contributed by atoms with Crippen molar-refractivity contribution in [3.63, 3.8) is 0 Å². The molecule has 0 aliphatic rings. The topological polar surface area (TPSA) is 241 Å². The molecule has 4 unspecified atom stereocenters. The van der Waals surface area contributed by atoms with Gasteiger partial charge in [0.2, 0.25) is 17.7 Å². The van der Waals surface area contributed by atoms with Gasteiger partial charge in [-0.15, -0.1) is 0 Å². The Kier molecular flexibility index (Phi) is 10.7. The number of hydrogen-bond acceptors (Lipinski definition) is 7. The molecule has 0 fully saturated rings. The predicted octanol–water partition coefficient (Wildman–Crippen LogP) is -0.231. The number of fused-ring (bicyclic) bond motifs is 1. The number of carbonyl (C=O) groups excluding carboxylic acids is 3. The van der Waals surface area contributed by atoms with Gasteiger partial charge in [0, 0.05) is 23.5 Å². The Bertz CT molecular complexity index is 1460. The molecule has 1 heterocycles. The van der Waals surface area contributed by atoms with Gasteiger partial charge in [0.15, 0.2) is 0 Å². The first-order valence-corrected chi connectivity index (χ1v) is 12.9. The molecule has 14 nitrogen and oxygen atoms in total. The van der Waals surface area contributed by atoms with Crippen molar-refractivity contribution < 1.29 is 44.1 Å². The van der Waals surface area contributed by atoms with Crippen molar-refractivity contribution in [1.82, 2.24) is 20.9 Å². The number of rotatable bonds is 15. The van der Waals surface area contributed by atoms with Crippen molar-refractivity contribution in [2.24, 2.45) is 5.73 Å². The summed E-state index contributed by atoms with van der Waals surface area (Å²) in [5.41, 5.74) is 8.15. The summed E-state index contributed by atoms with van der Waals surface area (Å²) in [6.45, 7) is 0. The highest BCUT2D eigenvalue weighted by molar-refractivity contribution is 5.97. The van der Waals surface area contributed by atoms with Gasteiger partial charge in [-0.2, -0.15) is 0 Å². The maximum Gasteiger partial charge on any atom is 0.326 e. The predicted molar refractivity (Wildman–Crippen MR) is 148 cm³/mol. The average Bonchev–Trinajstić information content (AvgIpc) is 3.34. The van der Waals surface area contributed by atoms with Crippen molar-refractivity contribution in [3.05, 3.63) is 71.9 Å². The zero-order chi connectivity index (χ0) is 30.8. The lowest BCUT2D eigenvalue weighted by Crippen LogP contribution is -2.58. The summed E-state index contributed by atoms with van der Waals surface area (Å²) in [6.07, 6.45) is -0.231. The number of H-pyrrole nitrogens is 1. The van der Waals surface area contributed by atoms with E-state index in [9.17, 15) is 44.1 Å². The number of aromatic amines is 1. The van der Waals surface area contributed by atoms with Gasteiger partial charge >= 0.3 is 17.9 Å². The quantitative estimate of drug-likeness (QED) is 0.117. The van der Waals surface area contributed by atoms with Crippen molar-refractivity contribution in [1.29, 1.82) is 0 Å². The molecular formula is C28H31N5O9. The summed E-state index contributed by atoms with van der Waals surface area (Å²) in [7, 11) is 0. The molecule has 4 atom stereocenters. The molecule has 0 bridgehead atoms. The van der Waals surface area contributed by atoms with Crippen LogP contribution in [0.1, 0.15) is 24.0 Å². The highest BCUT2D eigenvalue weighted by Crippen LogP contribution is 2.19. The van der Waals surface area contributed by atoms with Crippen LogP contribution in [0.3, 0.4) is 0 Å². The minimum Gasteiger partial charge on any atom is -0.481 e. The van der Waals surface area contributed by atoms with Crippen LogP contribution in [-0.2, 0) is 41.6 Å². The summed E-state index contributed by atoms with van der Waals surface area (Å²) in [6, 6.07) is 9.52. The number of nitrogens with two attached hydrogens (primary N) is 1. The molecule has 9 N–H and O–H groups in total. The maximum absolute atomic E-state index is 13.0. The smallest absolute Gasteiger partial charge is 0.326 e. The van der Waals surface area contributed by atoms with E-state index in [1.54, 1.807) is 36.5 Å². The minimum absolute atomic E-state index is 0.0549. The van der Waals surface area contributed by atoms with Gasteiger partial charge in [-0.05, 0) is 23.6 Å². The lowest BCUT2D eigenvalue weighted by molar-refractivity contribution is -0.145. The highest BCUT2D eigenvalue weighted by Gasteiger charge is 2.32. The van der Waals surface area contributed by atoms with E-state index in [4.69, 9.17) is 5.73 Å². The Labute approximate surface area is 239 Å². The summed E-state index contributed by atoms with van der Waals surface area (Å²) in [5.74, 6) is -7.49. The number of aliphatic carboxylic acids is 3. The first kappa shape index (κ1) is 31.3. The van der Waals surface area contributed by atoms with E-state index >= 15 is 0 Å². The molecule has 0 aliphatic carbocycles. The molecule has 0 saturated carbocycles. The molecule has 42 heavy (non-hydrogen) atoms. The first-order chi connectivity index (χ1) is 19.9.